The van der Waals surface area contributed by atoms with E-state index in [1.165, 1.54) is 0 Å². The second-order valence-corrected chi connectivity index (χ2v) is 3.44. The van der Waals surface area contributed by atoms with Gasteiger partial charge in [0.15, 0.2) is 0 Å². The standard InChI is InChI=1S/C12H25Br/c1-2-3-4-5-6-7-8-9-10-11-12-13/h2-12H2,1H3/i9D2,10D2,11D2,12D2. The highest BCUT2D eigenvalue weighted by molar-refractivity contribution is 9.09. The van der Waals surface area contributed by atoms with Crippen LogP contribution in [0.15, 0.2) is 0 Å². The topological polar surface area (TPSA) is 0 Å². The summed E-state index contributed by atoms with van der Waals surface area (Å²) in [5.41, 5.74) is 0. The molecule has 0 fully saturated rings. The Morgan fingerprint density at radius 3 is 2.08 bits per heavy atom. The first-order chi connectivity index (χ1) is 9.31. The van der Waals surface area contributed by atoms with E-state index in [0.29, 0.717) is 6.42 Å². The van der Waals surface area contributed by atoms with Crippen molar-refractivity contribution >= 4 is 15.9 Å². The van der Waals surface area contributed by atoms with Crippen LogP contribution in [-0.4, -0.2) is 5.28 Å². The zero-order valence-electron chi connectivity index (χ0n) is 16.3. The smallest absolute Gasteiger partial charge is 0.0387 e. The lowest BCUT2D eigenvalue weighted by Gasteiger charge is -2.00. The lowest BCUT2D eigenvalue weighted by atomic mass is 10.1. The van der Waals surface area contributed by atoms with E-state index in [9.17, 15) is 0 Å². The van der Waals surface area contributed by atoms with Crippen LogP contribution in [0.5, 0.6) is 0 Å². The monoisotopic (exact) mass is 256 g/mol. The Kier molecular flexibility index (Phi) is 4.81. The molecular weight excluding hydrogens is 224 g/mol. The van der Waals surface area contributed by atoms with Gasteiger partial charge >= 0.3 is 0 Å². The van der Waals surface area contributed by atoms with Crippen molar-refractivity contribution in [3.63, 3.8) is 0 Å². The van der Waals surface area contributed by atoms with Gasteiger partial charge in [-0.15, -0.1) is 0 Å². The quantitative estimate of drug-likeness (QED) is 0.368. The number of halogens is 1. The molecule has 1 heteroatoms. The summed E-state index contributed by atoms with van der Waals surface area (Å²) >= 11 is 2.49. The van der Waals surface area contributed by atoms with Crippen molar-refractivity contribution in [3.05, 3.63) is 0 Å². The number of rotatable bonds is 10. The van der Waals surface area contributed by atoms with Gasteiger partial charge in [0, 0.05) is 16.2 Å². The first-order valence-corrected chi connectivity index (χ1v) is 5.79. The summed E-state index contributed by atoms with van der Waals surface area (Å²) < 4.78 is 61.2. The Bertz CT molecular complexity index is 311. The van der Waals surface area contributed by atoms with Gasteiger partial charge in [0.2, 0.25) is 0 Å². The third-order valence-electron chi connectivity index (χ3n) is 1.85. The van der Waals surface area contributed by atoms with Crippen LogP contribution in [0.1, 0.15) is 82.0 Å². The fourth-order valence-electron chi connectivity index (χ4n) is 1.12. The predicted molar refractivity (Wildman–Crippen MR) is 65.6 cm³/mol. The summed E-state index contributed by atoms with van der Waals surface area (Å²) in [6, 6.07) is 0. The van der Waals surface area contributed by atoms with E-state index in [4.69, 9.17) is 11.0 Å². The lowest BCUT2D eigenvalue weighted by molar-refractivity contribution is 0.563. The van der Waals surface area contributed by atoms with Crippen LogP contribution in [0, 0.1) is 0 Å². The van der Waals surface area contributed by atoms with E-state index in [1.54, 1.807) is 0 Å². The van der Waals surface area contributed by atoms with Crippen molar-refractivity contribution in [2.45, 2.75) is 71.0 Å². The van der Waals surface area contributed by atoms with Gasteiger partial charge in [-0.1, -0.05) is 80.5 Å². The summed E-state index contributed by atoms with van der Waals surface area (Å²) in [6.45, 7) is 2.10. The SMILES string of the molecule is [2H]C([2H])(Br)C([2H])([2H])C([2H])([2H])C([2H])([2H])CCCCCCCC. The van der Waals surface area contributed by atoms with E-state index < -0.39 is 24.4 Å². The number of alkyl halides is 1. The minimum absolute atomic E-state index is 0.116. The Hall–Kier alpha value is 0.480. The molecule has 0 atom stereocenters. The summed E-state index contributed by atoms with van der Waals surface area (Å²) in [5.74, 6) is 0. The molecule has 0 aromatic carbocycles. The van der Waals surface area contributed by atoms with Crippen LogP contribution < -0.4 is 0 Å². The zero-order chi connectivity index (χ0) is 16.9. The predicted octanol–water partition coefficient (Wildman–Crippen LogP) is 5.30. The maximum absolute atomic E-state index is 7.85. The molecule has 0 aromatic heterocycles. The maximum Gasteiger partial charge on any atom is 0.0387 e. The molecule has 0 N–H and O–H groups in total. The van der Waals surface area contributed by atoms with Gasteiger partial charge in [-0.05, 0) is 6.37 Å². The largest absolute Gasteiger partial charge is 0.0928 e. The maximum atomic E-state index is 7.85. The molecule has 0 aliphatic carbocycles. The molecule has 0 rings (SSSR count). The Morgan fingerprint density at radius 2 is 1.46 bits per heavy atom. The molecule has 0 spiro atoms. The molecule has 0 heterocycles. The summed E-state index contributed by atoms with van der Waals surface area (Å²) in [7, 11) is 0. The number of hydrogen-bond donors (Lipinski definition) is 0. The minimum Gasteiger partial charge on any atom is -0.0928 e. The molecule has 0 nitrogen and oxygen atoms in total. The summed E-state index contributed by atoms with van der Waals surface area (Å²) in [5, 5.41) is -2.64. The van der Waals surface area contributed by atoms with Crippen LogP contribution in [-0.2, 0) is 0 Å². The average molecular weight is 257 g/mol. The highest BCUT2D eigenvalue weighted by Crippen LogP contribution is 2.10. The highest BCUT2D eigenvalue weighted by Gasteiger charge is 1.91. The van der Waals surface area contributed by atoms with Crippen molar-refractivity contribution in [2.75, 3.05) is 5.28 Å². The van der Waals surface area contributed by atoms with Gasteiger partial charge in [0.25, 0.3) is 0 Å². The fraction of sp³-hybridized carbons (Fsp3) is 1.00. The van der Waals surface area contributed by atoms with E-state index in [1.807, 2.05) is 0 Å². The minimum atomic E-state index is -2.98. The Morgan fingerprint density at radius 1 is 0.846 bits per heavy atom. The molecule has 0 aliphatic rings. The lowest BCUT2D eigenvalue weighted by Crippen LogP contribution is -1.81. The van der Waals surface area contributed by atoms with E-state index in [0.717, 1.165) is 32.1 Å². The molecule has 0 saturated heterocycles. The van der Waals surface area contributed by atoms with Gasteiger partial charge in [-0.25, -0.2) is 0 Å². The molecule has 0 aliphatic heterocycles. The normalized spacial score (nSPS) is 24.2. The van der Waals surface area contributed by atoms with Gasteiger partial charge in [-0.3, -0.25) is 0 Å². The molecule has 80 valence electrons. The summed E-state index contributed by atoms with van der Waals surface area (Å²) in [6.07, 6.45) is -2.95. The molecule has 0 amide bonds. The Labute approximate surface area is 104 Å². The molecule has 0 unspecified atom stereocenters. The van der Waals surface area contributed by atoms with E-state index in [2.05, 4.69) is 22.9 Å². The van der Waals surface area contributed by atoms with Crippen molar-refractivity contribution in [2.24, 2.45) is 0 Å². The van der Waals surface area contributed by atoms with Crippen LogP contribution in [0.3, 0.4) is 0 Å². The molecule has 0 saturated carbocycles. The van der Waals surface area contributed by atoms with Crippen molar-refractivity contribution < 1.29 is 11.0 Å². The molecule has 0 radical (unpaired) electrons. The average Bonchev–Trinajstić information content (AvgIpc) is 2.31. The molecule has 13 heavy (non-hydrogen) atoms. The number of unbranched alkanes of at least 4 members (excludes halogenated alkanes) is 5. The van der Waals surface area contributed by atoms with E-state index in [-0.39, 0.29) is 6.42 Å². The molecule has 0 bridgehead atoms. The van der Waals surface area contributed by atoms with Crippen molar-refractivity contribution in [1.29, 1.82) is 0 Å². The van der Waals surface area contributed by atoms with Crippen LogP contribution in [0.25, 0.3) is 0 Å². The highest BCUT2D eigenvalue weighted by atomic mass is 79.9. The van der Waals surface area contributed by atoms with Gasteiger partial charge in [0.05, 0.1) is 0 Å². The van der Waals surface area contributed by atoms with Crippen LogP contribution in [0.2, 0.25) is 0 Å². The second kappa shape index (κ2) is 12.5. The van der Waals surface area contributed by atoms with Crippen LogP contribution in [0.4, 0.5) is 0 Å². The third kappa shape index (κ3) is 12.5. The zero-order valence-corrected chi connectivity index (χ0v) is 9.91. The van der Waals surface area contributed by atoms with Gasteiger partial charge in [-0.2, -0.15) is 0 Å². The van der Waals surface area contributed by atoms with Crippen LogP contribution >= 0.6 is 15.9 Å². The molecule has 0 aromatic rings. The molecular formula is C12H25Br. The Balaban J connectivity index is 4.66. The van der Waals surface area contributed by atoms with Crippen molar-refractivity contribution in [1.82, 2.24) is 0 Å². The second-order valence-electron chi connectivity index (χ2n) is 3.04. The third-order valence-corrected chi connectivity index (χ3v) is 2.05. The van der Waals surface area contributed by atoms with E-state index >= 15 is 0 Å². The summed E-state index contributed by atoms with van der Waals surface area (Å²) in [4.78, 5) is 0. The first kappa shape index (κ1) is 5.01. The fourth-order valence-corrected chi connectivity index (χ4v) is 1.22. The van der Waals surface area contributed by atoms with Crippen molar-refractivity contribution in [3.8, 4) is 0 Å². The van der Waals surface area contributed by atoms with Gasteiger partial charge < -0.3 is 0 Å². The number of hydrogen-bond acceptors (Lipinski definition) is 0. The van der Waals surface area contributed by atoms with Gasteiger partial charge in [0.1, 0.15) is 0 Å². The first-order valence-electron chi connectivity index (χ1n) is 9.00.